The second kappa shape index (κ2) is 12.2. The number of piperidine rings is 1. The van der Waals surface area contributed by atoms with Gasteiger partial charge in [-0.1, -0.05) is 0 Å². The molecule has 1 saturated heterocycles. The SMILES string of the molecule is COc1ccc2ncc(C)c([C@@H](F)CCC3(CC(=O)O)CCN(CCOc4c(F)cc(F)cc4F)CC3)c2c1. The van der Waals surface area contributed by atoms with Gasteiger partial charge in [-0.25, -0.2) is 17.6 Å². The van der Waals surface area contributed by atoms with Gasteiger partial charge < -0.3 is 14.6 Å². The molecule has 0 bridgehead atoms. The number of aliphatic carboxylic acids is 1. The smallest absolute Gasteiger partial charge is 0.303 e. The number of likely N-dealkylation sites (tertiary alicyclic amines) is 1. The topological polar surface area (TPSA) is 71.9 Å². The third kappa shape index (κ3) is 6.79. The first kappa shape index (κ1) is 28.6. The Morgan fingerprint density at radius 2 is 1.85 bits per heavy atom. The van der Waals surface area contributed by atoms with Gasteiger partial charge in [-0.05, 0) is 80.4 Å². The maximum atomic E-state index is 15.8. The van der Waals surface area contributed by atoms with E-state index in [9.17, 15) is 23.1 Å². The Kier molecular flexibility index (Phi) is 8.94. The van der Waals surface area contributed by atoms with Crippen LogP contribution in [-0.4, -0.2) is 54.3 Å². The number of carboxylic acid groups (broad SMARTS) is 1. The van der Waals surface area contributed by atoms with Crippen molar-refractivity contribution in [3.63, 3.8) is 0 Å². The number of ether oxygens (including phenoxy) is 2. The fourth-order valence-electron chi connectivity index (χ4n) is 5.44. The van der Waals surface area contributed by atoms with Gasteiger partial charge in [0.15, 0.2) is 17.4 Å². The highest BCUT2D eigenvalue weighted by Crippen LogP contribution is 2.43. The van der Waals surface area contributed by atoms with Crippen molar-refractivity contribution >= 4 is 16.9 Å². The molecule has 1 fully saturated rings. The average molecular weight is 549 g/mol. The minimum Gasteiger partial charge on any atom is -0.497 e. The number of pyridine rings is 1. The third-order valence-electron chi connectivity index (χ3n) is 7.62. The van der Waals surface area contributed by atoms with E-state index in [4.69, 9.17) is 9.47 Å². The zero-order chi connectivity index (χ0) is 28.2. The van der Waals surface area contributed by atoms with Gasteiger partial charge in [-0.3, -0.25) is 14.7 Å². The molecular weight excluding hydrogens is 516 g/mol. The monoisotopic (exact) mass is 548 g/mol. The summed E-state index contributed by atoms with van der Waals surface area (Å²) in [5.74, 6) is -4.19. The molecule has 10 heteroatoms. The average Bonchev–Trinajstić information content (AvgIpc) is 2.89. The van der Waals surface area contributed by atoms with E-state index in [1.54, 1.807) is 31.5 Å². The van der Waals surface area contributed by atoms with E-state index in [1.165, 1.54) is 0 Å². The number of hydrogen-bond donors (Lipinski definition) is 1. The van der Waals surface area contributed by atoms with Gasteiger partial charge in [-0.15, -0.1) is 0 Å². The number of alkyl halides is 1. The van der Waals surface area contributed by atoms with Gasteiger partial charge >= 0.3 is 5.97 Å². The van der Waals surface area contributed by atoms with Crippen LogP contribution in [0.15, 0.2) is 36.5 Å². The zero-order valence-electron chi connectivity index (χ0n) is 22.0. The second-order valence-electron chi connectivity index (χ2n) is 10.2. The van der Waals surface area contributed by atoms with E-state index in [2.05, 4.69) is 4.98 Å². The van der Waals surface area contributed by atoms with Gasteiger partial charge in [0.1, 0.15) is 24.3 Å². The summed E-state index contributed by atoms with van der Waals surface area (Å²) >= 11 is 0. The molecule has 1 N–H and O–H groups in total. The maximum Gasteiger partial charge on any atom is 0.303 e. The Hall–Kier alpha value is -3.40. The van der Waals surface area contributed by atoms with Crippen LogP contribution in [0.25, 0.3) is 10.9 Å². The number of rotatable bonds is 11. The summed E-state index contributed by atoms with van der Waals surface area (Å²) in [4.78, 5) is 18.1. The minimum atomic E-state index is -1.31. The fraction of sp³-hybridized carbons (Fsp3) is 0.448. The quantitative estimate of drug-likeness (QED) is 0.280. The summed E-state index contributed by atoms with van der Waals surface area (Å²) in [6, 6.07) is 6.45. The number of fused-ring (bicyclic) bond motifs is 1. The predicted molar refractivity (Wildman–Crippen MR) is 138 cm³/mol. The highest BCUT2D eigenvalue weighted by molar-refractivity contribution is 5.85. The van der Waals surface area contributed by atoms with E-state index in [0.29, 0.717) is 73.2 Å². The van der Waals surface area contributed by atoms with Crippen molar-refractivity contribution < 1.29 is 36.9 Å². The standard InChI is InChI=1S/C29H32F4N2O4/c1-18-17-34-25-4-3-20(38-2)15-21(25)27(18)22(31)5-6-29(16-26(36)37)7-9-35(10-8-29)11-12-39-28-23(32)13-19(30)14-24(28)33/h3-4,13-15,17,22H,5-12,16H2,1-2H3,(H,36,37)/t22-/m0/s1. The van der Waals surface area contributed by atoms with Crippen molar-refractivity contribution in [1.29, 1.82) is 0 Å². The van der Waals surface area contributed by atoms with Crippen molar-refractivity contribution in [2.45, 2.75) is 45.2 Å². The van der Waals surface area contributed by atoms with Gasteiger partial charge in [0, 0.05) is 30.3 Å². The lowest BCUT2D eigenvalue weighted by molar-refractivity contribution is -0.141. The first-order valence-corrected chi connectivity index (χ1v) is 12.9. The Morgan fingerprint density at radius 3 is 2.49 bits per heavy atom. The summed E-state index contributed by atoms with van der Waals surface area (Å²) in [7, 11) is 1.55. The molecule has 2 heterocycles. The molecule has 0 spiro atoms. The van der Waals surface area contributed by atoms with Crippen molar-refractivity contribution in [2.24, 2.45) is 5.41 Å². The van der Waals surface area contributed by atoms with Crippen LogP contribution in [0.2, 0.25) is 0 Å². The molecular formula is C29H32F4N2O4. The number of carbonyl (C=O) groups is 1. The molecule has 0 unspecified atom stereocenters. The molecule has 4 rings (SSSR count). The van der Waals surface area contributed by atoms with Crippen LogP contribution >= 0.6 is 0 Å². The Bertz CT molecular complexity index is 1310. The van der Waals surface area contributed by atoms with Gasteiger partial charge in [0.2, 0.25) is 0 Å². The number of halogens is 4. The largest absolute Gasteiger partial charge is 0.497 e. The van der Waals surface area contributed by atoms with Crippen LogP contribution in [0.1, 0.15) is 49.4 Å². The molecule has 1 aliphatic rings. The number of carboxylic acids is 1. The molecule has 0 amide bonds. The highest BCUT2D eigenvalue weighted by atomic mass is 19.1. The van der Waals surface area contributed by atoms with Crippen LogP contribution in [0.5, 0.6) is 11.5 Å². The van der Waals surface area contributed by atoms with E-state index >= 15 is 4.39 Å². The second-order valence-corrected chi connectivity index (χ2v) is 10.2. The molecule has 2 aromatic carbocycles. The maximum absolute atomic E-state index is 15.8. The van der Waals surface area contributed by atoms with Crippen LogP contribution < -0.4 is 9.47 Å². The molecule has 1 aliphatic heterocycles. The molecule has 3 aromatic rings. The Labute approximate surface area is 224 Å². The van der Waals surface area contributed by atoms with E-state index in [1.807, 2.05) is 11.8 Å². The molecule has 0 aliphatic carbocycles. The molecule has 1 aromatic heterocycles. The molecule has 1 atom stereocenters. The Morgan fingerprint density at radius 1 is 1.15 bits per heavy atom. The molecule has 6 nitrogen and oxygen atoms in total. The number of aromatic nitrogens is 1. The first-order valence-electron chi connectivity index (χ1n) is 12.9. The lowest BCUT2D eigenvalue weighted by Crippen LogP contribution is -2.42. The highest BCUT2D eigenvalue weighted by Gasteiger charge is 2.37. The summed E-state index contributed by atoms with van der Waals surface area (Å²) in [5.41, 5.74) is 1.35. The lowest BCUT2D eigenvalue weighted by Gasteiger charge is -2.41. The summed E-state index contributed by atoms with van der Waals surface area (Å²) in [6.07, 6.45) is 1.90. The number of benzene rings is 2. The zero-order valence-corrected chi connectivity index (χ0v) is 22.0. The Balaban J connectivity index is 1.39. The van der Waals surface area contributed by atoms with Crippen molar-refractivity contribution in [2.75, 3.05) is 33.4 Å². The van der Waals surface area contributed by atoms with Gasteiger partial charge in [-0.2, -0.15) is 0 Å². The number of nitrogens with zero attached hydrogens (tertiary/aromatic N) is 2. The molecule has 39 heavy (non-hydrogen) atoms. The molecule has 210 valence electrons. The number of hydrogen-bond acceptors (Lipinski definition) is 5. The van der Waals surface area contributed by atoms with Crippen LogP contribution in [0.3, 0.4) is 0 Å². The fourth-order valence-corrected chi connectivity index (χ4v) is 5.44. The van der Waals surface area contributed by atoms with Crippen molar-refractivity contribution in [1.82, 2.24) is 9.88 Å². The van der Waals surface area contributed by atoms with E-state index in [0.717, 1.165) is 5.56 Å². The number of aryl methyl sites for hydroxylation is 1. The molecule has 0 saturated carbocycles. The third-order valence-corrected chi connectivity index (χ3v) is 7.62. The summed E-state index contributed by atoms with van der Waals surface area (Å²) in [6.45, 7) is 3.23. The van der Waals surface area contributed by atoms with Crippen LogP contribution in [0, 0.1) is 29.8 Å². The van der Waals surface area contributed by atoms with E-state index < -0.39 is 40.8 Å². The summed E-state index contributed by atoms with van der Waals surface area (Å²) < 4.78 is 67.0. The van der Waals surface area contributed by atoms with Crippen molar-refractivity contribution in [3.05, 3.63) is 65.1 Å². The van der Waals surface area contributed by atoms with Gasteiger partial charge in [0.25, 0.3) is 0 Å². The predicted octanol–water partition coefficient (Wildman–Crippen LogP) is 6.40. The van der Waals surface area contributed by atoms with Crippen LogP contribution in [-0.2, 0) is 4.79 Å². The first-order chi connectivity index (χ1) is 18.6. The van der Waals surface area contributed by atoms with E-state index in [-0.39, 0.29) is 19.4 Å². The lowest BCUT2D eigenvalue weighted by atomic mass is 9.71. The summed E-state index contributed by atoms with van der Waals surface area (Å²) in [5, 5.41) is 10.3. The van der Waals surface area contributed by atoms with Gasteiger partial charge in [0.05, 0.1) is 19.0 Å². The minimum absolute atomic E-state index is 0.0180. The normalized spacial score (nSPS) is 16.3. The number of methoxy groups -OCH3 is 1. The van der Waals surface area contributed by atoms with Crippen LogP contribution in [0.4, 0.5) is 17.6 Å². The van der Waals surface area contributed by atoms with Crippen molar-refractivity contribution in [3.8, 4) is 11.5 Å². The molecule has 0 radical (unpaired) electrons.